The number of hydrogen-bond acceptors (Lipinski definition) is 6. The number of halogens is 3. The normalized spacial score (nSPS) is 10.7. The summed E-state index contributed by atoms with van der Waals surface area (Å²) in [6, 6.07) is 6.84. The molecule has 0 aliphatic rings. The third-order valence-corrected chi connectivity index (χ3v) is 4.52. The predicted octanol–water partition coefficient (Wildman–Crippen LogP) is 4.04. The summed E-state index contributed by atoms with van der Waals surface area (Å²) in [6.07, 6.45) is 1.12. The van der Waals surface area contributed by atoms with Gasteiger partial charge in [-0.3, -0.25) is 14.9 Å². The molecule has 0 aromatic heterocycles. The van der Waals surface area contributed by atoms with Gasteiger partial charge in [-0.05, 0) is 50.1 Å². The molecule has 0 atom stereocenters. The van der Waals surface area contributed by atoms with Gasteiger partial charge >= 0.3 is 0 Å². The molecule has 1 amide bonds. The van der Waals surface area contributed by atoms with Crippen molar-refractivity contribution in [1.82, 2.24) is 5.43 Å². The summed E-state index contributed by atoms with van der Waals surface area (Å²) in [4.78, 5) is 22.0. The van der Waals surface area contributed by atoms with Crippen LogP contribution < -0.4 is 10.7 Å². The van der Waals surface area contributed by atoms with E-state index in [1.807, 2.05) is 0 Å². The van der Waals surface area contributed by atoms with Crippen LogP contribution >= 0.6 is 43.5 Å². The fourth-order valence-electron chi connectivity index (χ4n) is 1.85. The number of carbonyl (C=O) groups is 1. The van der Waals surface area contributed by atoms with E-state index in [0.29, 0.717) is 19.7 Å². The summed E-state index contributed by atoms with van der Waals surface area (Å²) in [5.74, 6) is -0.652. The highest BCUT2D eigenvalue weighted by Gasteiger charge is 2.10. The highest BCUT2D eigenvalue weighted by Crippen LogP contribution is 2.33. The van der Waals surface area contributed by atoms with Crippen molar-refractivity contribution in [2.24, 2.45) is 5.10 Å². The maximum Gasteiger partial charge on any atom is 0.270 e. The molecule has 2 aromatic rings. The minimum absolute atomic E-state index is 0.0862. The van der Waals surface area contributed by atoms with Crippen LogP contribution in [0.25, 0.3) is 0 Å². The van der Waals surface area contributed by atoms with Gasteiger partial charge in [0, 0.05) is 31.7 Å². The zero-order valence-corrected chi connectivity index (χ0v) is 16.8. The topological polar surface area (TPSA) is 117 Å². The molecule has 0 unspecified atom stereocenters. The molecule has 0 aliphatic heterocycles. The zero-order valence-electron chi connectivity index (χ0n) is 12.9. The van der Waals surface area contributed by atoms with Crippen molar-refractivity contribution in [2.45, 2.75) is 0 Å². The van der Waals surface area contributed by atoms with Gasteiger partial charge in [-0.2, -0.15) is 5.10 Å². The standard InChI is InChI=1S/C15H11Br2ClN4O4/c16-11-4-9(18)5-12(17)15(11)19-7-14(24)21-20-6-8-3-10(22(25)26)1-2-13(8)23/h1-6,19,23H,7H2,(H,21,24)/b20-6+. The van der Waals surface area contributed by atoms with Crippen molar-refractivity contribution in [3.05, 3.63) is 60.0 Å². The first-order valence-electron chi connectivity index (χ1n) is 6.95. The number of hydrazone groups is 1. The lowest BCUT2D eigenvalue weighted by Gasteiger charge is -2.10. The van der Waals surface area contributed by atoms with Gasteiger partial charge < -0.3 is 10.4 Å². The van der Waals surface area contributed by atoms with E-state index in [4.69, 9.17) is 11.6 Å². The Morgan fingerprint density at radius 2 is 1.96 bits per heavy atom. The van der Waals surface area contributed by atoms with Crippen LogP contribution in [-0.2, 0) is 4.79 Å². The third-order valence-electron chi connectivity index (χ3n) is 3.05. The Morgan fingerprint density at radius 1 is 1.31 bits per heavy atom. The molecule has 8 nitrogen and oxygen atoms in total. The third kappa shape index (κ3) is 5.41. The van der Waals surface area contributed by atoms with Crippen LogP contribution in [0.2, 0.25) is 5.02 Å². The molecule has 2 rings (SSSR count). The van der Waals surface area contributed by atoms with E-state index in [1.54, 1.807) is 12.1 Å². The molecule has 0 bridgehead atoms. The molecule has 0 spiro atoms. The molecule has 0 aliphatic carbocycles. The fourth-order valence-corrected chi connectivity index (χ4v) is 3.80. The number of hydrogen-bond donors (Lipinski definition) is 3. The number of aromatic hydroxyl groups is 1. The Balaban J connectivity index is 1.96. The van der Waals surface area contributed by atoms with Gasteiger partial charge in [-0.1, -0.05) is 11.6 Å². The number of non-ortho nitro benzene ring substituents is 1. The largest absolute Gasteiger partial charge is 0.507 e. The Hall–Kier alpha value is -2.17. The summed E-state index contributed by atoms with van der Waals surface area (Å²) >= 11 is 12.6. The number of carbonyl (C=O) groups excluding carboxylic acids is 1. The number of phenols is 1. The van der Waals surface area contributed by atoms with Crippen molar-refractivity contribution < 1.29 is 14.8 Å². The molecular weight excluding hydrogens is 495 g/mol. The van der Waals surface area contributed by atoms with Gasteiger partial charge in [0.1, 0.15) is 5.75 Å². The highest BCUT2D eigenvalue weighted by molar-refractivity contribution is 9.11. The molecule has 3 N–H and O–H groups in total. The summed E-state index contributed by atoms with van der Waals surface area (Å²) in [7, 11) is 0. The lowest BCUT2D eigenvalue weighted by Crippen LogP contribution is -2.26. The molecule has 2 aromatic carbocycles. The predicted molar refractivity (Wildman–Crippen MR) is 106 cm³/mol. The quantitative estimate of drug-likeness (QED) is 0.311. The van der Waals surface area contributed by atoms with Gasteiger partial charge in [-0.15, -0.1) is 0 Å². The minimum Gasteiger partial charge on any atom is -0.507 e. The molecule has 136 valence electrons. The van der Waals surface area contributed by atoms with Crippen molar-refractivity contribution in [3.63, 3.8) is 0 Å². The van der Waals surface area contributed by atoms with Crippen LogP contribution in [0.3, 0.4) is 0 Å². The Labute approximate surface area is 169 Å². The summed E-state index contributed by atoms with van der Waals surface area (Å²) in [6.45, 7) is -0.0862. The SMILES string of the molecule is O=C(CNc1c(Br)cc(Cl)cc1Br)N/N=C/c1cc([N+](=O)[O-])ccc1O. The van der Waals surface area contributed by atoms with Crippen molar-refractivity contribution >= 4 is 67.0 Å². The molecule has 26 heavy (non-hydrogen) atoms. The van der Waals surface area contributed by atoms with Crippen LogP contribution in [0.15, 0.2) is 44.4 Å². The van der Waals surface area contributed by atoms with Crippen molar-refractivity contribution in [2.75, 3.05) is 11.9 Å². The maximum atomic E-state index is 11.8. The molecule has 11 heteroatoms. The molecular formula is C15H11Br2ClN4O4. The average molecular weight is 507 g/mol. The number of rotatable bonds is 6. The van der Waals surface area contributed by atoms with E-state index >= 15 is 0 Å². The van der Waals surface area contributed by atoms with Gasteiger partial charge in [-0.25, -0.2) is 5.43 Å². The van der Waals surface area contributed by atoms with Crippen LogP contribution in [0.5, 0.6) is 5.75 Å². The van der Waals surface area contributed by atoms with Crippen molar-refractivity contribution in [3.8, 4) is 5.75 Å². The van der Waals surface area contributed by atoms with Crippen LogP contribution in [0.4, 0.5) is 11.4 Å². The van der Waals surface area contributed by atoms with Gasteiger partial charge in [0.15, 0.2) is 0 Å². The number of phenolic OH excluding ortho intramolecular Hbond substituents is 1. The lowest BCUT2D eigenvalue weighted by atomic mass is 10.2. The van der Waals surface area contributed by atoms with E-state index in [1.165, 1.54) is 6.07 Å². The maximum absolute atomic E-state index is 11.8. The first-order valence-corrected chi connectivity index (χ1v) is 8.92. The van der Waals surface area contributed by atoms with Gasteiger partial charge in [0.2, 0.25) is 0 Å². The minimum atomic E-state index is -0.596. The van der Waals surface area contributed by atoms with E-state index in [0.717, 1.165) is 18.3 Å². The van der Waals surface area contributed by atoms with Crippen LogP contribution in [0.1, 0.15) is 5.56 Å². The average Bonchev–Trinajstić information content (AvgIpc) is 2.55. The Kier molecular flexibility index (Phi) is 6.95. The second kappa shape index (κ2) is 8.97. The first-order chi connectivity index (χ1) is 12.3. The van der Waals surface area contributed by atoms with E-state index in [-0.39, 0.29) is 23.5 Å². The number of nitrogens with one attached hydrogen (secondary N) is 2. The number of nitrogens with zero attached hydrogens (tertiary/aromatic N) is 2. The van der Waals surface area contributed by atoms with Crippen LogP contribution in [-0.4, -0.2) is 28.7 Å². The summed E-state index contributed by atoms with van der Waals surface area (Å²) < 4.78 is 1.35. The Bertz CT molecular complexity index is 869. The molecule has 0 saturated heterocycles. The summed E-state index contributed by atoms with van der Waals surface area (Å²) in [5.41, 5.74) is 2.81. The highest BCUT2D eigenvalue weighted by atomic mass is 79.9. The smallest absolute Gasteiger partial charge is 0.270 e. The second-order valence-corrected chi connectivity index (χ2v) is 7.04. The van der Waals surface area contributed by atoms with Gasteiger partial charge in [0.05, 0.1) is 23.4 Å². The second-order valence-electron chi connectivity index (χ2n) is 4.89. The number of benzene rings is 2. The van der Waals surface area contributed by atoms with E-state index in [9.17, 15) is 20.0 Å². The number of anilines is 1. The number of nitro groups is 1. The summed E-state index contributed by atoms with van der Waals surface area (Å²) in [5, 5.41) is 27.5. The lowest BCUT2D eigenvalue weighted by molar-refractivity contribution is -0.384. The molecule has 0 fully saturated rings. The fraction of sp³-hybridized carbons (Fsp3) is 0.0667. The molecule has 0 heterocycles. The zero-order chi connectivity index (χ0) is 19.3. The first kappa shape index (κ1) is 20.1. The van der Waals surface area contributed by atoms with E-state index < -0.39 is 10.8 Å². The number of amides is 1. The number of nitro benzene ring substituents is 1. The van der Waals surface area contributed by atoms with Crippen molar-refractivity contribution in [1.29, 1.82) is 0 Å². The Morgan fingerprint density at radius 3 is 2.58 bits per heavy atom. The van der Waals surface area contributed by atoms with E-state index in [2.05, 4.69) is 47.7 Å². The molecule has 0 saturated carbocycles. The van der Waals surface area contributed by atoms with Gasteiger partial charge in [0.25, 0.3) is 11.6 Å². The molecule has 0 radical (unpaired) electrons. The van der Waals surface area contributed by atoms with Crippen LogP contribution in [0, 0.1) is 10.1 Å². The monoisotopic (exact) mass is 504 g/mol.